The highest BCUT2D eigenvalue weighted by Crippen LogP contribution is 2.34. The van der Waals surface area contributed by atoms with E-state index in [1.54, 1.807) is 0 Å². The highest BCUT2D eigenvalue weighted by Gasteiger charge is 2.18. The number of hydrogen-bond donors (Lipinski definition) is 1. The van der Waals surface area contributed by atoms with Crippen molar-refractivity contribution in [2.45, 2.75) is 18.9 Å². The maximum atomic E-state index is 9.87. The van der Waals surface area contributed by atoms with Crippen molar-refractivity contribution in [2.24, 2.45) is 0 Å². The van der Waals surface area contributed by atoms with Crippen LogP contribution in [0.1, 0.15) is 23.7 Å². The largest absolute Gasteiger partial charge is 0.388 e. The number of aryl methyl sites for hydroxylation is 1. The van der Waals surface area contributed by atoms with Gasteiger partial charge in [0.15, 0.2) is 0 Å². The van der Waals surface area contributed by atoms with Crippen molar-refractivity contribution < 1.29 is 5.11 Å². The van der Waals surface area contributed by atoms with Crippen LogP contribution in [0.5, 0.6) is 0 Å². The minimum atomic E-state index is -0.270. The fourth-order valence-corrected chi connectivity index (χ4v) is 2.38. The molecule has 1 nitrogen and oxygen atoms in total. The Balaban J connectivity index is 2.46. The van der Waals surface area contributed by atoms with E-state index in [9.17, 15) is 5.11 Å². The lowest BCUT2D eigenvalue weighted by molar-refractivity contribution is 0.166. The fraction of sp³-hybridized carbons (Fsp3) is 0.231. The standard InChI is InChI=1S/C13H12O/c14-12-8-7-10-4-1-3-9-5-2-6-11(12)13(9)10/h1-6,12,14H,7-8H2. The Labute approximate surface area is 83.0 Å². The zero-order chi connectivity index (χ0) is 9.54. The maximum Gasteiger partial charge on any atom is 0.0799 e. The third-order valence-electron chi connectivity index (χ3n) is 3.07. The zero-order valence-electron chi connectivity index (χ0n) is 7.90. The van der Waals surface area contributed by atoms with Crippen molar-refractivity contribution in [2.75, 3.05) is 0 Å². The van der Waals surface area contributed by atoms with Gasteiger partial charge in [-0.25, -0.2) is 0 Å². The van der Waals surface area contributed by atoms with Crippen LogP contribution in [-0.2, 0) is 6.42 Å². The molecular weight excluding hydrogens is 172 g/mol. The van der Waals surface area contributed by atoms with Crippen LogP contribution in [0.3, 0.4) is 0 Å². The molecule has 1 aliphatic carbocycles. The van der Waals surface area contributed by atoms with E-state index in [2.05, 4.69) is 24.3 Å². The van der Waals surface area contributed by atoms with Crippen molar-refractivity contribution in [1.29, 1.82) is 0 Å². The molecule has 0 fully saturated rings. The van der Waals surface area contributed by atoms with Crippen molar-refractivity contribution in [1.82, 2.24) is 0 Å². The molecule has 0 saturated heterocycles. The van der Waals surface area contributed by atoms with Gasteiger partial charge in [-0.15, -0.1) is 0 Å². The second-order valence-corrected chi connectivity index (χ2v) is 3.92. The summed E-state index contributed by atoms with van der Waals surface area (Å²) < 4.78 is 0. The van der Waals surface area contributed by atoms with Crippen molar-refractivity contribution in [3.05, 3.63) is 47.5 Å². The average molecular weight is 184 g/mol. The second kappa shape index (κ2) is 2.82. The highest BCUT2D eigenvalue weighted by molar-refractivity contribution is 5.89. The van der Waals surface area contributed by atoms with Gasteiger partial charge < -0.3 is 5.11 Å². The monoisotopic (exact) mass is 184 g/mol. The normalized spacial score (nSPS) is 19.9. The summed E-state index contributed by atoms with van der Waals surface area (Å²) in [5.41, 5.74) is 2.48. The number of aliphatic hydroxyl groups excluding tert-OH is 1. The Bertz CT molecular complexity index is 482. The van der Waals surface area contributed by atoms with E-state index in [4.69, 9.17) is 0 Å². The summed E-state index contributed by atoms with van der Waals surface area (Å²) in [4.78, 5) is 0. The first-order valence-electron chi connectivity index (χ1n) is 5.05. The van der Waals surface area contributed by atoms with Gasteiger partial charge >= 0.3 is 0 Å². The van der Waals surface area contributed by atoms with E-state index in [-0.39, 0.29) is 6.10 Å². The molecule has 0 saturated carbocycles. The van der Waals surface area contributed by atoms with Gasteiger partial charge in [-0.05, 0) is 34.7 Å². The SMILES string of the molecule is OC1CCc2cccc3cccc1c23. The van der Waals surface area contributed by atoms with Gasteiger partial charge in [-0.2, -0.15) is 0 Å². The topological polar surface area (TPSA) is 20.2 Å². The summed E-state index contributed by atoms with van der Waals surface area (Å²) in [6.07, 6.45) is 1.58. The molecule has 2 aromatic carbocycles. The van der Waals surface area contributed by atoms with E-state index < -0.39 is 0 Å². The first-order chi connectivity index (χ1) is 6.86. The molecule has 1 aliphatic rings. The van der Waals surface area contributed by atoms with E-state index in [1.165, 1.54) is 16.3 Å². The Morgan fingerprint density at radius 1 is 1.07 bits per heavy atom. The predicted molar refractivity (Wildman–Crippen MR) is 57.2 cm³/mol. The quantitative estimate of drug-likeness (QED) is 0.667. The molecule has 0 spiro atoms. The van der Waals surface area contributed by atoms with Crippen molar-refractivity contribution in [3.63, 3.8) is 0 Å². The molecule has 1 atom stereocenters. The fourth-order valence-electron chi connectivity index (χ4n) is 2.38. The molecule has 0 aliphatic heterocycles. The number of hydrogen-bond acceptors (Lipinski definition) is 1. The summed E-state index contributed by atoms with van der Waals surface area (Å²) in [7, 11) is 0. The van der Waals surface area contributed by atoms with Gasteiger partial charge in [0.25, 0.3) is 0 Å². The molecule has 70 valence electrons. The lowest BCUT2D eigenvalue weighted by Gasteiger charge is -2.21. The molecule has 0 radical (unpaired) electrons. The molecule has 0 heterocycles. The molecule has 1 unspecified atom stereocenters. The maximum absolute atomic E-state index is 9.87. The summed E-state index contributed by atoms with van der Waals surface area (Å²) >= 11 is 0. The van der Waals surface area contributed by atoms with Gasteiger partial charge in [0.2, 0.25) is 0 Å². The van der Waals surface area contributed by atoms with Crippen LogP contribution in [0, 0.1) is 0 Å². The summed E-state index contributed by atoms with van der Waals surface area (Å²) in [5.74, 6) is 0. The molecule has 1 heteroatoms. The molecule has 2 aromatic rings. The van der Waals surface area contributed by atoms with Gasteiger partial charge in [-0.1, -0.05) is 36.4 Å². The molecule has 0 aromatic heterocycles. The number of aliphatic hydroxyl groups is 1. The Morgan fingerprint density at radius 2 is 1.86 bits per heavy atom. The molecular formula is C13H12O. The van der Waals surface area contributed by atoms with Crippen LogP contribution in [0.2, 0.25) is 0 Å². The van der Waals surface area contributed by atoms with Crippen LogP contribution in [0.4, 0.5) is 0 Å². The smallest absolute Gasteiger partial charge is 0.0799 e. The Morgan fingerprint density at radius 3 is 2.71 bits per heavy atom. The van der Waals surface area contributed by atoms with Crippen molar-refractivity contribution >= 4 is 10.8 Å². The van der Waals surface area contributed by atoms with E-state index in [0.29, 0.717) is 0 Å². The van der Waals surface area contributed by atoms with Crippen molar-refractivity contribution in [3.8, 4) is 0 Å². The Kier molecular flexibility index (Phi) is 1.62. The average Bonchev–Trinajstić information content (AvgIpc) is 2.24. The number of benzene rings is 2. The van der Waals surface area contributed by atoms with Gasteiger partial charge in [0.1, 0.15) is 0 Å². The van der Waals surface area contributed by atoms with Crippen LogP contribution in [0.25, 0.3) is 10.8 Å². The van der Waals surface area contributed by atoms with Crippen LogP contribution >= 0.6 is 0 Å². The lowest BCUT2D eigenvalue weighted by Crippen LogP contribution is -2.07. The highest BCUT2D eigenvalue weighted by atomic mass is 16.3. The van der Waals surface area contributed by atoms with Crippen LogP contribution in [0.15, 0.2) is 36.4 Å². The van der Waals surface area contributed by atoms with E-state index in [1.807, 2.05) is 12.1 Å². The van der Waals surface area contributed by atoms with E-state index in [0.717, 1.165) is 18.4 Å². The summed E-state index contributed by atoms with van der Waals surface area (Å²) in [6, 6.07) is 12.5. The minimum absolute atomic E-state index is 0.270. The number of rotatable bonds is 0. The van der Waals surface area contributed by atoms with Gasteiger partial charge in [0.05, 0.1) is 6.10 Å². The van der Waals surface area contributed by atoms with Crippen LogP contribution in [-0.4, -0.2) is 5.11 Å². The van der Waals surface area contributed by atoms with E-state index >= 15 is 0 Å². The lowest BCUT2D eigenvalue weighted by atomic mass is 9.87. The minimum Gasteiger partial charge on any atom is -0.388 e. The molecule has 3 rings (SSSR count). The zero-order valence-corrected chi connectivity index (χ0v) is 7.90. The first kappa shape index (κ1) is 8.01. The van der Waals surface area contributed by atoms with Crippen LogP contribution < -0.4 is 0 Å². The van der Waals surface area contributed by atoms with Gasteiger partial charge in [0, 0.05) is 0 Å². The Hall–Kier alpha value is -1.34. The summed E-state index contributed by atoms with van der Waals surface area (Å²) in [5, 5.41) is 12.4. The van der Waals surface area contributed by atoms with Gasteiger partial charge in [-0.3, -0.25) is 0 Å². The molecule has 0 bridgehead atoms. The predicted octanol–water partition coefficient (Wildman–Crippen LogP) is 2.82. The third kappa shape index (κ3) is 0.992. The third-order valence-corrected chi connectivity index (χ3v) is 3.07. The molecule has 1 N–H and O–H groups in total. The molecule has 14 heavy (non-hydrogen) atoms. The first-order valence-corrected chi connectivity index (χ1v) is 5.05. The summed E-state index contributed by atoms with van der Waals surface area (Å²) in [6.45, 7) is 0. The molecule has 0 amide bonds. The second-order valence-electron chi connectivity index (χ2n) is 3.92.